The van der Waals surface area contributed by atoms with E-state index < -0.39 is 11.9 Å². The number of nitrogens with two attached hydrogens (primary N) is 1. The van der Waals surface area contributed by atoms with E-state index in [1.54, 1.807) is 37.3 Å². The van der Waals surface area contributed by atoms with Crippen LogP contribution in [0.15, 0.2) is 53.7 Å². The molecule has 0 bridgehead atoms. The van der Waals surface area contributed by atoms with Crippen molar-refractivity contribution in [1.29, 1.82) is 0 Å². The Hall–Kier alpha value is -2.90. The molecule has 0 radical (unpaired) electrons. The molecule has 2 heterocycles. The van der Waals surface area contributed by atoms with Crippen LogP contribution in [0.4, 0.5) is 10.3 Å². The summed E-state index contributed by atoms with van der Waals surface area (Å²) in [7, 11) is 0. The summed E-state index contributed by atoms with van der Waals surface area (Å²) in [5.41, 5.74) is 7.68. The van der Waals surface area contributed by atoms with Crippen LogP contribution in [0.1, 0.15) is 18.5 Å². The van der Waals surface area contributed by atoms with Gasteiger partial charge >= 0.3 is 0 Å². The fourth-order valence-electron chi connectivity index (χ4n) is 3.21. The second-order valence-corrected chi connectivity index (χ2v) is 7.07. The highest BCUT2D eigenvalue weighted by Crippen LogP contribution is 2.40. The Morgan fingerprint density at radius 3 is 2.61 bits per heavy atom. The molecule has 2 aromatic carbocycles. The highest BCUT2D eigenvalue weighted by molar-refractivity contribution is 6.42. The highest BCUT2D eigenvalue weighted by Gasteiger charge is 2.34. The largest absolute Gasteiger partial charge is 0.366 e. The van der Waals surface area contributed by atoms with Gasteiger partial charge in [0.25, 0.3) is 0 Å². The summed E-state index contributed by atoms with van der Waals surface area (Å²) in [6, 6.07) is 10.2. The smallest absolute Gasteiger partial charge is 0.248 e. The van der Waals surface area contributed by atoms with Crippen molar-refractivity contribution in [3.63, 3.8) is 0 Å². The van der Waals surface area contributed by atoms with Crippen LogP contribution in [0.3, 0.4) is 0 Å². The van der Waals surface area contributed by atoms with Gasteiger partial charge in [-0.05, 0) is 37.3 Å². The maximum atomic E-state index is 13.2. The maximum absolute atomic E-state index is 13.2. The van der Waals surface area contributed by atoms with E-state index in [1.807, 2.05) is 0 Å². The Morgan fingerprint density at radius 2 is 1.93 bits per heavy atom. The van der Waals surface area contributed by atoms with Gasteiger partial charge in [0.05, 0.1) is 15.6 Å². The van der Waals surface area contributed by atoms with Crippen molar-refractivity contribution in [3.8, 4) is 11.4 Å². The zero-order valence-corrected chi connectivity index (χ0v) is 16.1. The molecular weight excluding hydrogens is 404 g/mol. The van der Waals surface area contributed by atoms with E-state index in [1.165, 1.54) is 16.8 Å². The van der Waals surface area contributed by atoms with Crippen LogP contribution in [-0.4, -0.2) is 20.7 Å². The molecule has 0 aliphatic carbocycles. The standard InChI is InChI=1S/C19H14Cl2FN5O/c1-9-14(17(23)28)16(12-3-2-4-13(20)15(12)21)27-19(24-9)25-18(26-27)10-5-7-11(22)8-6-10/h2-8,16H,1H3,(H2,23,28)(H,24,25,26). The number of hydrogen-bond acceptors (Lipinski definition) is 4. The topological polar surface area (TPSA) is 85.8 Å². The summed E-state index contributed by atoms with van der Waals surface area (Å²) in [5.74, 6) is -0.203. The molecule has 0 saturated heterocycles. The summed E-state index contributed by atoms with van der Waals surface area (Å²) >= 11 is 12.6. The van der Waals surface area contributed by atoms with Gasteiger partial charge < -0.3 is 11.1 Å². The van der Waals surface area contributed by atoms with Crippen LogP contribution in [-0.2, 0) is 4.79 Å². The van der Waals surface area contributed by atoms with Gasteiger partial charge in [-0.25, -0.2) is 9.07 Å². The Balaban J connectivity index is 1.92. The van der Waals surface area contributed by atoms with Gasteiger partial charge in [-0.1, -0.05) is 35.3 Å². The summed E-state index contributed by atoms with van der Waals surface area (Å²) in [4.78, 5) is 16.7. The van der Waals surface area contributed by atoms with Gasteiger partial charge in [-0.2, -0.15) is 4.98 Å². The highest BCUT2D eigenvalue weighted by atomic mass is 35.5. The van der Waals surface area contributed by atoms with E-state index in [0.717, 1.165) is 0 Å². The third-order valence-electron chi connectivity index (χ3n) is 4.50. The monoisotopic (exact) mass is 417 g/mol. The van der Waals surface area contributed by atoms with Crippen molar-refractivity contribution in [2.45, 2.75) is 13.0 Å². The minimum atomic E-state index is -0.707. The van der Waals surface area contributed by atoms with Crippen molar-refractivity contribution >= 4 is 35.1 Å². The number of nitrogens with zero attached hydrogens (tertiary/aromatic N) is 3. The molecule has 4 rings (SSSR count). The van der Waals surface area contributed by atoms with Crippen LogP contribution in [0.2, 0.25) is 10.0 Å². The number of allylic oxidation sites excluding steroid dienone is 1. The van der Waals surface area contributed by atoms with Crippen LogP contribution in [0.5, 0.6) is 0 Å². The van der Waals surface area contributed by atoms with Crippen LogP contribution < -0.4 is 11.1 Å². The number of benzene rings is 2. The molecule has 3 N–H and O–H groups in total. The molecule has 1 aliphatic rings. The lowest BCUT2D eigenvalue weighted by atomic mass is 9.95. The van der Waals surface area contributed by atoms with Crippen LogP contribution >= 0.6 is 23.2 Å². The average Bonchev–Trinajstić information content (AvgIpc) is 3.07. The van der Waals surface area contributed by atoms with E-state index in [0.29, 0.717) is 44.2 Å². The molecule has 1 amide bonds. The maximum Gasteiger partial charge on any atom is 0.248 e. The second-order valence-electron chi connectivity index (χ2n) is 6.28. The molecule has 1 unspecified atom stereocenters. The lowest BCUT2D eigenvalue weighted by molar-refractivity contribution is -0.115. The number of aromatic nitrogens is 3. The first-order chi connectivity index (χ1) is 13.4. The number of hydrogen-bond donors (Lipinski definition) is 2. The number of primary amides is 1. The molecule has 1 aromatic heterocycles. The third-order valence-corrected chi connectivity index (χ3v) is 5.33. The first-order valence-corrected chi connectivity index (χ1v) is 9.06. The van der Waals surface area contributed by atoms with Crippen LogP contribution in [0.25, 0.3) is 11.4 Å². The lowest BCUT2D eigenvalue weighted by Gasteiger charge is -2.28. The quantitative estimate of drug-likeness (QED) is 0.669. The number of rotatable bonds is 3. The Bertz CT molecular complexity index is 1120. The molecular formula is C19H14Cl2FN5O. The average molecular weight is 418 g/mol. The van der Waals surface area contributed by atoms with E-state index >= 15 is 0 Å². The number of carbonyl (C=O) groups excluding carboxylic acids is 1. The van der Waals surface area contributed by atoms with Crippen molar-refractivity contribution in [2.75, 3.05) is 5.32 Å². The first kappa shape index (κ1) is 18.5. The first-order valence-electron chi connectivity index (χ1n) is 8.31. The molecule has 0 spiro atoms. The van der Waals surface area contributed by atoms with Gasteiger partial charge in [0.1, 0.15) is 11.9 Å². The number of amides is 1. The number of anilines is 1. The van der Waals surface area contributed by atoms with Crippen molar-refractivity contribution in [3.05, 3.63) is 75.2 Å². The fourth-order valence-corrected chi connectivity index (χ4v) is 3.62. The molecule has 28 heavy (non-hydrogen) atoms. The van der Waals surface area contributed by atoms with Crippen molar-refractivity contribution < 1.29 is 9.18 Å². The molecule has 1 aliphatic heterocycles. The number of fused-ring (bicyclic) bond motifs is 1. The Labute approximate surface area is 169 Å². The summed E-state index contributed by atoms with van der Waals surface area (Å²) in [5, 5.41) is 8.21. The fraction of sp³-hybridized carbons (Fsp3) is 0.105. The normalized spacial score (nSPS) is 15.9. The minimum Gasteiger partial charge on any atom is -0.366 e. The van der Waals surface area contributed by atoms with E-state index in [-0.39, 0.29) is 5.82 Å². The number of halogens is 3. The Kier molecular flexibility index (Phi) is 4.56. The molecule has 1 atom stereocenters. The summed E-state index contributed by atoms with van der Waals surface area (Å²) in [6.45, 7) is 1.72. The third kappa shape index (κ3) is 3.02. The van der Waals surface area contributed by atoms with Crippen molar-refractivity contribution in [2.24, 2.45) is 5.73 Å². The van der Waals surface area contributed by atoms with Gasteiger partial charge in [0.15, 0.2) is 5.82 Å². The SMILES string of the molecule is CC1=C(C(N)=O)C(c2cccc(Cl)c2Cl)n2nc(-c3ccc(F)cc3)nc2N1. The van der Waals surface area contributed by atoms with Gasteiger partial charge in [0.2, 0.25) is 11.9 Å². The summed E-state index contributed by atoms with van der Waals surface area (Å²) < 4.78 is 14.8. The molecule has 6 nitrogen and oxygen atoms in total. The van der Waals surface area contributed by atoms with E-state index in [9.17, 15) is 9.18 Å². The molecule has 9 heteroatoms. The molecule has 142 valence electrons. The lowest BCUT2D eigenvalue weighted by Crippen LogP contribution is -2.32. The molecule has 0 fully saturated rings. The predicted molar refractivity (Wildman–Crippen MR) is 106 cm³/mol. The van der Waals surface area contributed by atoms with E-state index in [4.69, 9.17) is 28.9 Å². The Morgan fingerprint density at radius 1 is 1.21 bits per heavy atom. The molecule has 3 aromatic rings. The number of nitrogens with one attached hydrogen (secondary N) is 1. The zero-order valence-electron chi connectivity index (χ0n) is 14.6. The number of carbonyl (C=O) groups is 1. The summed E-state index contributed by atoms with van der Waals surface area (Å²) in [6.07, 6.45) is 0. The predicted octanol–water partition coefficient (Wildman–Crippen LogP) is 4.17. The van der Waals surface area contributed by atoms with Gasteiger partial charge in [-0.15, -0.1) is 5.10 Å². The molecule has 0 saturated carbocycles. The van der Waals surface area contributed by atoms with Gasteiger partial charge in [0, 0.05) is 16.8 Å². The minimum absolute atomic E-state index is 0.298. The second kappa shape index (κ2) is 6.92. The van der Waals surface area contributed by atoms with Crippen LogP contribution in [0, 0.1) is 5.82 Å². The zero-order chi connectivity index (χ0) is 20.0. The van der Waals surface area contributed by atoms with Crippen molar-refractivity contribution in [1.82, 2.24) is 14.8 Å². The van der Waals surface area contributed by atoms with E-state index in [2.05, 4.69) is 15.4 Å². The van der Waals surface area contributed by atoms with Gasteiger partial charge in [-0.3, -0.25) is 4.79 Å².